The molecular formula is C24H31N7OS. The predicted octanol–water partition coefficient (Wildman–Crippen LogP) is 4.13. The van der Waals surface area contributed by atoms with Crippen molar-refractivity contribution in [2.45, 2.75) is 56.0 Å². The highest BCUT2D eigenvalue weighted by atomic mass is 32.2. The fourth-order valence-corrected chi connectivity index (χ4v) is 4.48. The van der Waals surface area contributed by atoms with Crippen LogP contribution in [0, 0.1) is 12.8 Å². The third-order valence-corrected chi connectivity index (χ3v) is 6.49. The molecule has 174 valence electrons. The molecule has 0 spiro atoms. The van der Waals surface area contributed by atoms with Gasteiger partial charge in [0, 0.05) is 40.9 Å². The van der Waals surface area contributed by atoms with E-state index < -0.39 is 0 Å². The first-order valence-electron chi connectivity index (χ1n) is 11.4. The topological polar surface area (TPSA) is 123 Å². The summed E-state index contributed by atoms with van der Waals surface area (Å²) in [6, 6.07) is 7.76. The second-order valence-corrected chi connectivity index (χ2v) is 9.68. The number of hydrogen-bond acceptors (Lipinski definition) is 7. The van der Waals surface area contributed by atoms with Gasteiger partial charge in [0.1, 0.15) is 11.7 Å². The van der Waals surface area contributed by atoms with Gasteiger partial charge < -0.3 is 21.7 Å². The van der Waals surface area contributed by atoms with Gasteiger partial charge >= 0.3 is 0 Å². The number of carbonyl (C=O) groups excluding carboxylic acids is 1. The van der Waals surface area contributed by atoms with Crippen LogP contribution in [0.25, 0.3) is 0 Å². The third kappa shape index (κ3) is 6.25. The van der Waals surface area contributed by atoms with Crippen molar-refractivity contribution < 1.29 is 4.79 Å². The van der Waals surface area contributed by atoms with Crippen LogP contribution in [0.5, 0.6) is 0 Å². The quantitative estimate of drug-likeness (QED) is 0.319. The molecular weight excluding hydrogens is 434 g/mol. The molecule has 1 saturated carbocycles. The summed E-state index contributed by atoms with van der Waals surface area (Å²) in [5, 5.41) is 3.57. The van der Waals surface area contributed by atoms with E-state index in [0.29, 0.717) is 22.5 Å². The van der Waals surface area contributed by atoms with Crippen LogP contribution in [0.4, 0.5) is 17.3 Å². The molecule has 2 aliphatic rings. The summed E-state index contributed by atoms with van der Waals surface area (Å²) in [5.41, 5.74) is 14.1. The number of anilines is 2. The van der Waals surface area contributed by atoms with Crippen molar-refractivity contribution in [2.75, 3.05) is 23.3 Å². The molecule has 0 bridgehead atoms. The van der Waals surface area contributed by atoms with Crippen molar-refractivity contribution in [3.8, 4) is 0 Å². The minimum absolute atomic E-state index is 0.102. The monoisotopic (exact) mass is 465 g/mol. The van der Waals surface area contributed by atoms with E-state index in [1.807, 2.05) is 31.2 Å². The zero-order valence-electron chi connectivity index (χ0n) is 19.2. The van der Waals surface area contributed by atoms with E-state index in [4.69, 9.17) is 21.4 Å². The van der Waals surface area contributed by atoms with Crippen molar-refractivity contribution in [3.63, 3.8) is 0 Å². The summed E-state index contributed by atoms with van der Waals surface area (Å²) >= 11 is 1.46. The van der Waals surface area contributed by atoms with Gasteiger partial charge in [0.25, 0.3) is 0 Å². The number of amides is 1. The first-order chi connectivity index (χ1) is 15.9. The molecule has 1 amide bonds. The minimum Gasteiger partial charge on any atom is -0.402 e. The average Bonchev–Trinajstić information content (AvgIpc) is 3.63. The zero-order chi connectivity index (χ0) is 23.4. The lowest BCUT2D eigenvalue weighted by Crippen LogP contribution is -2.31. The Balaban J connectivity index is 1.60. The molecule has 2 heterocycles. The van der Waals surface area contributed by atoms with E-state index in [2.05, 4.69) is 15.2 Å². The number of hydrogen-bond donors (Lipinski definition) is 3. The van der Waals surface area contributed by atoms with Gasteiger partial charge in [0.15, 0.2) is 11.0 Å². The van der Waals surface area contributed by atoms with Gasteiger partial charge in [-0.05, 0) is 88.1 Å². The maximum Gasteiger partial charge on any atom is 0.227 e. The lowest BCUT2D eigenvalue weighted by molar-refractivity contribution is -0.117. The smallest absolute Gasteiger partial charge is 0.227 e. The molecule has 1 aromatic heterocycles. The molecule has 0 radical (unpaired) electrons. The predicted molar refractivity (Wildman–Crippen MR) is 134 cm³/mol. The number of nitrogens with two attached hydrogens (primary N) is 2. The van der Waals surface area contributed by atoms with Crippen LogP contribution in [0.3, 0.4) is 0 Å². The second kappa shape index (κ2) is 10.2. The minimum atomic E-state index is 0.102. The standard InChI is InChI=1S/C24H31N7OS/c1-15(25)14-20(26)28-21-16(2)22(31-12-4-3-5-13-31)30-24(29-21)33-19-10-8-18(9-11-19)27-23(32)17-6-7-17/h8-11,14,17H,3-7,12-13,25H2,1-2H3,(H,27,32)(H2,26,28,29,30)/b15-14-. The van der Waals surface area contributed by atoms with Gasteiger partial charge in [0.05, 0.1) is 0 Å². The number of aromatic nitrogens is 2. The van der Waals surface area contributed by atoms with Gasteiger partial charge in [-0.15, -0.1) is 0 Å². The summed E-state index contributed by atoms with van der Waals surface area (Å²) in [4.78, 5) is 29.4. The fourth-order valence-electron chi connectivity index (χ4n) is 3.73. The van der Waals surface area contributed by atoms with E-state index in [1.54, 1.807) is 13.0 Å². The van der Waals surface area contributed by atoms with E-state index in [-0.39, 0.29) is 11.8 Å². The molecule has 4 rings (SSSR count). The molecule has 2 fully saturated rings. The summed E-state index contributed by atoms with van der Waals surface area (Å²) in [5.74, 6) is 2.05. The van der Waals surface area contributed by atoms with Gasteiger partial charge in [0.2, 0.25) is 5.91 Å². The Labute approximate surface area is 199 Å². The lowest BCUT2D eigenvalue weighted by Gasteiger charge is -2.29. The number of carbonyl (C=O) groups is 1. The van der Waals surface area contributed by atoms with Gasteiger partial charge in [-0.3, -0.25) is 4.79 Å². The van der Waals surface area contributed by atoms with Crippen molar-refractivity contribution in [1.29, 1.82) is 0 Å². The van der Waals surface area contributed by atoms with E-state index in [0.717, 1.165) is 60.7 Å². The number of allylic oxidation sites excluding steroid dienone is 1. The van der Waals surface area contributed by atoms with E-state index in [9.17, 15) is 4.79 Å². The Bertz CT molecular complexity index is 1070. The number of benzene rings is 1. The maximum atomic E-state index is 12.0. The third-order valence-electron chi connectivity index (χ3n) is 5.62. The summed E-state index contributed by atoms with van der Waals surface area (Å²) in [6.07, 6.45) is 7.14. The number of aliphatic imine (C=N–C) groups is 1. The van der Waals surface area contributed by atoms with Crippen molar-refractivity contribution >= 4 is 40.8 Å². The van der Waals surface area contributed by atoms with Crippen molar-refractivity contribution in [2.24, 2.45) is 22.4 Å². The molecule has 1 aliphatic carbocycles. The second-order valence-electron chi connectivity index (χ2n) is 8.64. The first kappa shape index (κ1) is 23.1. The molecule has 33 heavy (non-hydrogen) atoms. The van der Waals surface area contributed by atoms with Gasteiger partial charge in [-0.1, -0.05) is 0 Å². The highest BCUT2D eigenvalue weighted by Gasteiger charge is 2.29. The van der Waals surface area contributed by atoms with Crippen molar-refractivity contribution in [3.05, 3.63) is 41.6 Å². The van der Waals surface area contributed by atoms with E-state index in [1.165, 1.54) is 18.2 Å². The van der Waals surface area contributed by atoms with Crippen LogP contribution >= 0.6 is 11.8 Å². The molecule has 1 saturated heterocycles. The van der Waals surface area contributed by atoms with Gasteiger partial charge in [-0.25, -0.2) is 15.0 Å². The SMILES string of the molecule is C/C(N)=C/C(N)=Nc1nc(Sc2ccc(NC(=O)C3CC3)cc2)nc(N2CCCCC2)c1C. The number of nitrogens with one attached hydrogen (secondary N) is 1. The molecule has 9 heteroatoms. The Morgan fingerprint density at radius 3 is 2.48 bits per heavy atom. The Morgan fingerprint density at radius 1 is 1.15 bits per heavy atom. The first-order valence-corrected chi connectivity index (χ1v) is 12.2. The Hall–Kier alpha value is -3.07. The molecule has 5 N–H and O–H groups in total. The molecule has 8 nitrogen and oxygen atoms in total. The van der Waals surface area contributed by atoms with Gasteiger partial charge in [-0.2, -0.15) is 0 Å². The maximum absolute atomic E-state index is 12.0. The van der Waals surface area contributed by atoms with Crippen LogP contribution in [-0.2, 0) is 4.79 Å². The summed E-state index contributed by atoms with van der Waals surface area (Å²) in [7, 11) is 0. The number of piperidine rings is 1. The number of rotatable bonds is 7. The summed E-state index contributed by atoms with van der Waals surface area (Å²) < 4.78 is 0. The molecule has 0 unspecified atom stereocenters. The van der Waals surface area contributed by atoms with Crippen LogP contribution in [0.2, 0.25) is 0 Å². The van der Waals surface area contributed by atoms with Crippen LogP contribution in [0.15, 0.2) is 51.1 Å². The fraction of sp³-hybridized carbons (Fsp3) is 0.417. The molecule has 0 atom stereocenters. The van der Waals surface area contributed by atoms with Crippen LogP contribution in [0.1, 0.15) is 44.6 Å². The Kier molecular flexibility index (Phi) is 7.17. The lowest BCUT2D eigenvalue weighted by atomic mass is 10.1. The normalized spacial score (nSPS) is 17.2. The van der Waals surface area contributed by atoms with Crippen LogP contribution < -0.4 is 21.7 Å². The highest BCUT2D eigenvalue weighted by Crippen LogP contribution is 2.34. The summed E-state index contributed by atoms with van der Waals surface area (Å²) in [6.45, 7) is 5.70. The molecule has 1 aromatic carbocycles. The Morgan fingerprint density at radius 2 is 1.85 bits per heavy atom. The van der Waals surface area contributed by atoms with E-state index >= 15 is 0 Å². The largest absolute Gasteiger partial charge is 0.402 e. The van der Waals surface area contributed by atoms with Crippen LogP contribution in [-0.4, -0.2) is 34.8 Å². The zero-order valence-corrected chi connectivity index (χ0v) is 20.0. The molecule has 1 aliphatic heterocycles. The number of nitrogens with zero attached hydrogens (tertiary/aromatic N) is 4. The highest BCUT2D eigenvalue weighted by molar-refractivity contribution is 7.99. The molecule has 2 aromatic rings. The van der Waals surface area contributed by atoms with Crippen molar-refractivity contribution in [1.82, 2.24) is 9.97 Å². The number of amidine groups is 1. The average molecular weight is 466 g/mol.